The van der Waals surface area contributed by atoms with Crippen LogP contribution in [0.3, 0.4) is 0 Å². The lowest BCUT2D eigenvalue weighted by Gasteiger charge is -2.12. The van der Waals surface area contributed by atoms with E-state index in [9.17, 15) is 31.1 Å². The number of benzene rings is 2. The van der Waals surface area contributed by atoms with E-state index in [1.54, 1.807) is 0 Å². The van der Waals surface area contributed by atoms with E-state index in [4.69, 9.17) is 34.7 Å². The van der Waals surface area contributed by atoms with Gasteiger partial charge in [-0.15, -0.1) is 0 Å². The van der Waals surface area contributed by atoms with Gasteiger partial charge in [0, 0.05) is 11.1 Å². The quantitative estimate of drug-likeness (QED) is 0.351. The average molecular weight is 507 g/mol. The molecule has 0 saturated heterocycles. The molecule has 172 valence electrons. The fraction of sp³-hybridized carbons (Fsp3) is 0.263. The van der Waals surface area contributed by atoms with Gasteiger partial charge in [-0.3, -0.25) is 4.79 Å². The van der Waals surface area contributed by atoms with Gasteiger partial charge in [0.15, 0.2) is 0 Å². The Kier molecular flexibility index (Phi) is 9.82. The number of primary amides is 1. The minimum absolute atomic E-state index is 0. The van der Waals surface area contributed by atoms with Crippen molar-refractivity contribution in [3.63, 3.8) is 0 Å². The Morgan fingerprint density at radius 2 is 1.13 bits per heavy atom. The van der Waals surface area contributed by atoms with Gasteiger partial charge in [0.2, 0.25) is 5.91 Å². The Hall–Kier alpha value is -2.04. The molecule has 3 nitrogen and oxygen atoms in total. The molecule has 0 bridgehead atoms. The first-order valence-corrected chi connectivity index (χ1v) is 8.97. The fourth-order valence-electron chi connectivity index (χ4n) is 2.24. The number of carbonyl (C=O) groups excluding carboxylic acids is 1. The third-order valence-electron chi connectivity index (χ3n) is 3.69. The summed E-state index contributed by atoms with van der Waals surface area (Å²) in [5, 5.41) is -0.727. The number of aryl methyl sites for hydroxylation is 2. The zero-order valence-corrected chi connectivity index (χ0v) is 17.6. The molecule has 0 fully saturated rings. The second-order valence-electron chi connectivity index (χ2n) is 6.03. The van der Waals surface area contributed by atoms with Crippen molar-refractivity contribution < 1.29 is 31.1 Å². The maximum atomic E-state index is 12.5. The molecule has 0 aromatic heterocycles. The minimum Gasteiger partial charge on any atom is -0.389 e. The molecule has 0 unspecified atom stereocenters. The van der Waals surface area contributed by atoms with Crippen molar-refractivity contribution in [2.24, 2.45) is 11.5 Å². The number of alkyl halides is 6. The Labute approximate surface area is 190 Å². The Morgan fingerprint density at radius 3 is 1.42 bits per heavy atom. The van der Waals surface area contributed by atoms with Crippen LogP contribution in [0.1, 0.15) is 45.6 Å². The topological polar surface area (TPSA) is 69.1 Å². The molecule has 0 saturated carbocycles. The molecule has 2 aromatic rings. The van der Waals surface area contributed by atoms with Gasteiger partial charge in [-0.05, 0) is 49.2 Å². The molecule has 0 atom stereocenters. The predicted octanol–water partition coefficient (Wildman–Crippen LogP) is 6.70. The number of hydrogen-bond donors (Lipinski definition) is 2. The summed E-state index contributed by atoms with van der Waals surface area (Å²) in [7, 11) is 0. The predicted molar refractivity (Wildman–Crippen MR) is 114 cm³/mol. The van der Waals surface area contributed by atoms with Crippen molar-refractivity contribution in [3.8, 4) is 0 Å². The molecule has 12 heteroatoms. The maximum absolute atomic E-state index is 12.5. The highest BCUT2D eigenvalue weighted by Crippen LogP contribution is 2.38. The van der Waals surface area contributed by atoms with E-state index < -0.39 is 34.4 Å². The zero-order valence-electron chi connectivity index (χ0n) is 15.3. The van der Waals surface area contributed by atoms with Crippen molar-refractivity contribution in [1.29, 1.82) is 0 Å². The minimum atomic E-state index is -4.59. The van der Waals surface area contributed by atoms with Crippen LogP contribution < -0.4 is 11.5 Å². The molecule has 0 heterocycles. The van der Waals surface area contributed by atoms with Crippen molar-refractivity contribution in [2.75, 3.05) is 0 Å². The molecule has 0 spiro atoms. The SMILES string of the molecule is C.Cc1cc(C(N)=O)cc(C(F)(F)F)c1Cl.Cc1cc(C(N)=S)cc(C(F)(F)F)c1Cl. The summed E-state index contributed by atoms with van der Waals surface area (Å²) in [4.78, 5) is 10.7. The summed E-state index contributed by atoms with van der Waals surface area (Å²) in [6, 6.07) is 4.16. The third kappa shape index (κ3) is 7.55. The standard InChI is InChI=1S/C9H7ClF3NO.C9H7ClF3NS.CH4/c2*1-4-2-5(8(14)15)3-6(7(4)10)9(11,12)13;/h2*2-3H,1H3,(H2,14,15);1H4. The van der Waals surface area contributed by atoms with Crippen LogP contribution >= 0.6 is 35.4 Å². The number of halogens is 8. The summed E-state index contributed by atoms with van der Waals surface area (Å²) in [6.07, 6.45) is -9.09. The van der Waals surface area contributed by atoms with E-state index >= 15 is 0 Å². The van der Waals surface area contributed by atoms with Crippen molar-refractivity contribution >= 4 is 46.3 Å². The van der Waals surface area contributed by atoms with E-state index in [1.807, 2.05) is 0 Å². The largest absolute Gasteiger partial charge is 0.417 e. The number of carbonyl (C=O) groups is 1. The maximum Gasteiger partial charge on any atom is 0.417 e. The van der Waals surface area contributed by atoms with Gasteiger partial charge in [0.1, 0.15) is 4.99 Å². The van der Waals surface area contributed by atoms with E-state index in [0.717, 1.165) is 6.07 Å². The Balaban J connectivity index is 0.000000562. The van der Waals surface area contributed by atoms with Gasteiger partial charge >= 0.3 is 12.4 Å². The number of hydrogen-bond acceptors (Lipinski definition) is 2. The summed E-state index contributed by atoms with van der Waals surface area (Å²) in [6.45, 7) is 2.85. The van der Waals surface area contributed by atoms with Crippen LogP contribution in [0.25, 0.3) is 0 Å². The summed E-state index contributed by atoms with van der Waals surface area (Å²) < 4.78 is 74.8. The molecule has 31 heavy (non-hydrogen) atoms. The zero-order chi connectivity index (χ0) is 23.6. The van der Waals surface area contributed by atoms with Gasteiger partial charge < -0.3 is 11.5 Å². The molecular weight excluding hydrogens is 489 g/mol. The molecule has 0 aliphatic rings. The van der Waals surface area contributed by atoms with Crippen LogP contribution in [-0.4, -0.2) is 10.9 Å². The first-order chi connectivity index (χ1) is 13.5. The highest BCUT2D eigenvalue weighted by atomic mass is 35.5. The average Bonchev–Trinajstić information content (AvgIpc) is 2.57. The Bertz CT molecular complexity index is 911. The number of thiocarbonyl (C=S) groups is 1. The molecule has 2 rings (SSSR count). The molecule has 0 aliphatic heterocycles. The van der Waals surface area contributed by atoms with Crippen LogP contribution in [0.2, 0.25) is 10.0 Å². The van der Waals surface area contributed by atoms with Crippen LogP contribution in [0.15, 0.2) is 24.3 Å². The van der Waals surface area contributed by atoms with E-state index in [2.05, 4.69) is 12.2 Å². The molecular formula is C19H18Cl2F6N2OS. The molecule has 1 amide bonds. The molecule has 2 aromatic carbocycles. The van der Waals surface area contributed by atoms with E-state index in [0.29, 0.717) is 11.6 Å². The van der Waals surface area contributed by atoms with Crippen molar-refractivity contribution in [1.82, 2.24) is 0 Å². The number of rotatable bonds is 2. The second kappa shape index (κ2) is 10.5. The van der Waals surface area contributed by atoms with Gasteiger partial charge in [-0.2, -0.15) is 26.3 Å². The van der Waals surface area contributed by atoms with Crippen LogP contribution in [0, 0.1) is 13.8 Å². The van der Waals surface area contributed by atoms with Gasteiger partial charge in [-0.25, -0.2) is 0 Å². The van der Waals surface area contributed by atoms with Crippen LogP contribution in [0.5, 0.6) is 0 Å². The third-order valence-corrected chi connectivity index (χ3v) is 4.93. The fourth-order valence-corrected chi connectivity index (χ4v) is 2.79. The monoisotopic (exact) mass is 506 g/mol. The van der Waals surface area contributed by atoms with Crippen molar-refractivity contribution in [3.05, 3.63) is 67.7 Å². The molecule has 4 N–H and O–H groups in total. The molecule has 0 aliphatic carbocycles. The van der Waals surface area contributed by atoms with Gasteiger partial charge in [0.05, 0.1) is 21.2 Å². The van der Waals surface area contributed by atoms with Crippen molar-refractivity contribution in [2.45, 2.75) is 33.6 Å². The van der Waals surface area contributed by atoms with Crippen LogP contribution in [0.4, 0.5) is 26.3 Å². The van der Waals surface area contributed by atoms with Crippen LogP contribution in [-0.2, 0) is 12.4 Å². The first-order valence-electron chi connectivity index (χ1n) is 7.81. The second-order valence-corrected chi connectivity index (χ2v) is 7.23. The lowest BCUT2D eigenvalue weighted by atomic mass is 10.1. The molecule has 0 radical (unpaired) electrons. The van der Waals surface area contributed by atoms with Gasteiger partial charge in [0.25, 0.3) is 0 Å². The normalized spacial score (nSPS) is 11.2. The highest BCUT2D eigenvalue weighted by Gasteiger charge is 2.35. The highest BCUT2D eigenvalue weighted by molar-refractivity contribution is 7.80. The van der Waals surface area contributed by atoms with Gasteiger partial charge in [-0.1, -0.05) is 42.8 Å². The lowest BCUT2D eigenvalue weighted by Crippen LogP contribution is -2.14. The number of amides is 1. The summed E-state index contributed by atoms with van der Waals surface area (Å²) in [5.41, 5.74) is 8.64. The van der Waals surface area contributed by atoms with E-state index in [-0.39, 0.29) is 34.1 Å². The van der Waals surface area contributed by atoms with E-state index in [1.165, 1.54) is 26.0 Å². The Morgan fingerprint density at radius 1 is 0.806 bits per heavy atom. The number of nitrogens with two attached hydrogens (primary N) is 2. The smallest absolute Gasteiger partial charge is 0.389 e. The summed E-state index contributed by atoms with van der Waals surface area (Å²) in [5.74, 6) is -0.916. The lowest BCUT2D eigenvalue weighted by molar-refractivity contribution is -0.138. The first kappa shape index (κ1) is 29.0. The summed E-state index contributed by atoms with van der Waals surface area (Å²) >= 11 is 15.6.